The average Bonchev–Trinajstić information content (AvgIpc) is 2.94. The van der Waals surface area contributed by atoms with Crippen molar-refractivity contribution in [2.24, 2.45) is 5.10 Å². The molecule has 4 nitrogen and oxygen atoms in total. The van der Waals surface area contributed by atoms with Crippen molar-refractivity contribution in [2.45, 2.75) is 13.3 Å². The molecule has 0 unspecified atom stereocenters. The lowest BCUT2D eigenvalue weighted by atomic mass is 10.2. The van der Waals surface area contributed by atoms with E-state index in [-0.39, 0.29) is 5.56 Å². The number of hydrogen-bond acceptors (Lipinski definition) is 5. The summed E-state index contributed by atoms with van der Waals surface area (Å²) in [6.07, 6.45) is 0.824. The van der Waals surface area contributed by atoms with Crippen molar-refractivity contribution >= 4 is 28.7 Å². The van der Waals surface area contributed by atoms with Crippen LogP contribution in [0.15, 0.2) is 46.9 Å². The molecule has 1 aromatic heterocycles. The molecule has 0 radical (unpaired) electrons. The van der Waals surface area contributed by atoms with E-state index in [0.29, 0.717) is 0 Å². The number of carboxylic acid groups (broad SMARTS) is 1. The highest BCUT2D eigenvalue weighted by Gasteiger charge is 2.02. The SMILES string of the molecule is CC/C(=N/Nc1ccc(C(=O)[O-])cc1)c1cccs1. The third-order valence-corrected chi connectivity index (χ3v) is 3.50. The van der Waals surface area contributed by atoms with Gasteiger partial charge in [-0.15, -0.1) is 11.3 Å². The fourth-order valence-corrected chi connectivity index (χ4v) is 2.35. The summed E-state index contributed by atoms with van der Waals surface area (Å²) in [5.74, 6) is -1.18. The number of nitrogens with one attached hydrogen (secondary N) is 1. The molecule has 98 valence electrons. The van der Waals surface area contributed by atoms with Gasteiger partial charge in [0.25, 0.3) is 0 Å². The number of hydrazone groups is 1. The largest absolute Gasteiger partial charge is 0.545 e. The number of carbonyl (C=O) groups is 1. The summed E-state index contributed by atoms with van der Waals surface area (Å²) in [5, 5.41) is 17.0. The van der Waals surface area contributed by atoms with Gasteiger partial charge in [0.05, 0.1) is 22.2 Å². The molecule has 2 rings (SSSR count). The van der Waals surface area contributed by atoms with E-state index in [0.717, 1.165) is 22.7 Å². The van der Waals surface area contributed by atoms with E-state index in [1.54, 1.807) is 23.5 Å². The Hall–Kier alpha value is -2.14. The zero-order valence-electron chi connectivity index (χ0n) is 10.4. The maximum Gasteiger partial charge on any atom is 0.0776 e. The maximum atomic E-state index is 10.6. The van der Waals surface area contributed by atoms with Crippen molar-refractivity contribution in [3.8, 4) is 0 Å². The van der Waals surface area contributed by atoms with Gasteiger partial charge in [0, 0.05) is 0 Å². The van der Waals surface area contributed by atoms with Gasteiger partial charge in [-0.3, -0.25) is 5.43 Å². The van der Waals surface area contributed by atoms with Crippen LogP contribution >= 0.6 is 11.3 Å². The lowest BCUT2D eigenvalue weighted by molar-refractivity contribution is -0.255. The lowest BCUT2D eigenvalue weighted by Gasteiger charge is -2.06. The number of anilines is 1. The standard InChI is InChI=1S/C14H14N2O2S/c1-2-12(13-4-3-9-19-13)16-15-11-7-5-10(6-8-11)14(17)18/h3-9,15H,2H2,1H3,(H,17,18)/p-1/b16-12-. The molecule has 0 spiro atoms. The lowest BCUT2D eigenvalue weighted by Crippen LogP contribution is -2.21. The molecule has 0 aliphatic carbocycles. The first-order valence-electron chi connectivity index (χ1n) is 5.88. The number of aromatic carboxylic acids is 1. The van der Waals surface area contributed by atoms with E-state index in [4.69, 9.17) is 0 Å². The second-order valence-corrected chi connectivity index (χ2v) is 4.81. The zero-order chi connectivity index (χ0) is 13.7. The molecule has 19 heavy (non-hydrogen) atoms. The Morgan fingerprint density at radius 1 is 1.32 bits per heavy atom. The van der Waals surface area contributed by atoms with Gasteiger partial charge in [-0.1, -0.05) is 25.1 Å². The molecule has 0 amide bonds. The van der Waals surface area contributed by atoms with Crippen LogP contribution in [0.25, 0.3) is 0 Å². The van der Waals surface area contributed by atoms with Gasteiger partial charge in [0.1, 0.15) is 0 Å². The molecule has 1 heterocycles. The van der Waals surface area contributed by atoms with Crippen LogP contribution in [0.4, 0.5) is 5.69 Å². The van der Waals surface area contributed by atoms with Gasteiger partial charge in [-0.2, -0.15) is 5.10 Å². The Morgan fingerprint density at radius 2 is 2.05 bits per heavy atom. The number of hydrogen-bond donors (Lipinski definition) is 1. The van der Waals surface area contributed by atoms with Crippen LogP contribution in [-0.2, 0) is 0 Å². The van der Waals surface area contributed by atoms with Crippen LogP contribution in [0, 0.1) is 0 Å². The molecule has 1 aromatic carbocycles. The van der Waals surface area contributed by atoms with Gasteiger partial charge in [-0.05, 0) is 35.6 Å². The Bertz CT molecular complexity index is 574. The number of benzene rings is 1. The van der Waals surface area contributed by atoms with Crippen molar-refractivity contribution < 1.29 is 9.90 Å². The molecular formula is C14H13N2O2S-. The van der Waals surface area contributed by atoms with Gasteiger partial charge in [0.15, 0.2) is 0 Å². The Labute approximate surface area is 115 Å². The van der Waals surface area contributed by atoms with E-state index in [1.165, 1.54) is 12.1 Å². The zero-order valence-corrected chi connectivity index (χ0v) is 11.2. The van der Waals surface area contributed by atoms with E-state index in [2.05, 4.69) is 10.5 Å². The molecule has 0 atom stereocenters. The van der Waals surface area contributed by atoms with Crippen molar-refractivity contribution in [3.63, 3.8) is 0 Å². The van der Waals surface area contributed by atoms with Crippen LogP contribution in [0.2, 0.25) is 0 Å². The second-order valence-electron chi connectivity index (χ2n) is 3.87. The summed E-state index contributed by atoms with van der Waals surface area (Å²) in [4.78, 5) is 11.7. The molecule has 0 saturated heterocycles. The van der Waals surface area contributed by atoms with Gasteiger partial charge in [0.2, 0.25) is 0 Å². The Kier molecular flexibility index (Phi) is 4.30. The second kappa shape index (κ2) is 6.15. The third-order valence-electron chi connectivity index (χ3n) is 2.58. The molecule has 0 aliphatic rings. The molecule has 1 N–H and O–H groups in total. The van der Waals surface area contributed by atoms with Crippen molar-refractivity contribution in [1.82, 2.24) is 0 Å². The molecule has 0 saturated carbocycles. The van der Waals surface area contributed by atoms with E-state index < -0.39 is 5.97 Å². The summed E-state index contributed by atoms with van der Waals surface area (Å²) < 4.78 is 0. The van der Waals surface area contributed by atoms with Crippen molar-refractivity contribution in [2.75, 3.05) is 5.43 Å². The summed E-state index contributed by atoms with van der Waals surface area (Å²) in [5.41, 5.74) is 4.80. The smallest absolute Gasteiger partial charge is 0.0776 e. The molecule has 0 bridgehead atoms. The predicted octanol–water partition coefficient (Wildman–Crippen LogP) is 2.34. The minimum atomic E-state index is -1.18. The predicted molar refractivity (Wildman–Crippen MR) is 75.5 cm³/mol. The van der Waals surface area contributed by atoms with Crippen LogP contribution < -0.4 is 10.5 Å². The van der Waals surface area contributed by atoms with Gasteiger partial charge < -0.3 is 9.90 Å². The third kappa shape index (κ3) is 3.42. The maximum absolute atomic E-state index is 10.6. The van der Waals surface area contributed by atoms with Crippen LogP contribution in [0.5, 0.6) is 0 Å². The number of thiophene rings is 1. The van der Waals surface area contributed by atoms with E-state index in [9.17, 15) is 9.90 Å². The van der Waals surface area contributed by atoms with E-state index >= 15 is 0 Å². The summed E-state index contributed by atoms with van der Waals surface area (Å²) in [6.45, 7) is 2.04. The monoisotopic (exact) mass is 273 g/mol. The molecule has 5 heteroatoms. The highest BCUT2D eigenvalue weighted by atomic mass is 32.1. The first-order chi connectivity index (χ1) is 9.20. The van der Waals surface area contributed by atoms with Crippen LogP contribution in [0.1, 0.15) is 28.6 Å². The normalized spacial score (nSPS) is 11.3. The highest BCUT2D eigenvalue weighted by Crippen LogP contribution is 2.14. The van der Waals surface area contributed by atoms with Crippen molar-refractivity contribution in [1.29, 1.82) is 0 Å². The van der Waals surface area contributed by atoms with E-state index in [1.807, 2.05) is 24.4 Å². The molecular weight excluding hydrogens is 260 g/mol. The molecule has 0 fully saturated rings. The Morgan fingerprint density at radius 3 is 2.58 bits per heavy atom. The van der Waals surface area contributed by atoms with Gasteiger partial charge >= 0.3 is 0 Å². The fraction of sp³-hybridized carbons (Fsp3) is 0.143. The molecule has 0 aliphatic heterocycles. The summed E-state index contributed by atoms with van der Waals surface area (Å²) in [7, 11) is 0. The quantitative estimate of drug-likeness (QED) is 0.671. The highest BCUT2D eigenvalue weighted by molar-refractivity contribution is 7.12. The average molecular weight is 273 g/mol. The van der Waals surface area contributed by atoms with Crippen molar-refractivity contribution in [3.05, 3.63) is 52.2 Å². The number of nitrogens with zero attached hydrogens (tertiary/aromatic N) is 1. The minimum Gasteiger partial charge on any atom is -0.545 e. The topological polar surface area (TPSA) is 64.5 Å². The number of carbonyl (C=O) groups excluding carboxylic acids is 1. The summed E-state index contributed by atoms with van der Waals surface area (Å²) in [6, 6.07) is 10.3. The molecule has 2 aromatic rings. The van der Waals surface area contributed by atoms with Gasteiger partial charge in [-0.25, -0.2) is 0 Å². The number of carboxylic acids is 1. The first kappa shape index (κ1) is 13.3. The van der Waals surface area contributed by atoms with Crippen LogP contribution in [-0.4, -0.2) is 11.7 Å². The minimum absolute atomic E-state index is 0.156. The number of rotatable bonds is 5. The fourth-order valence-electron chi connectivity index (χ4n) is 1.56. The summed E-state index contributed by atoms with van der Waals surface area (Å²) >= 11 is 1.64. The van der Waals surface area contributed by atoms with Crippen LogP contribution in [0.3, 0.4) is 0 Å². The first-order valence-corrected chi connectivity index (χ1v) is 6.76. The Balaban J connectivity index is 2.10.